The Morgan fingerprint density at radius 1 is 1.47 bits per heavy atom. The van der Waals surface area contributed by atoms with Crippen LogP contribution in [-0.2, 0) is 29.6 Å². The molecule has 5 nitrogen and oxygen atoms in total. The number of rotatable bonds is 2. The zero-order valence-corrected chi connectivity index (χ0v) is 11.8. The summed E-state index contributed by atoms with van der Waals surface area (Å²) < 4.78 is 57.7. The predicted molar refractivity (Wildman–Crippen MR) is 68.2 cm³/mol. The van der Waals surface area contributed by atoms with E-state index in [1.807, 2.05) is 0 Å². The molecule has 2 atom stereocenters. The lowest BCUT2D eigenvalue weighted by Crippen LogP contribution is -2.16. The van der Waals surface area contributed by atoms with Crippen LogP contribution < -0.4 is 0 Å². The van der Waals surface area contributed by atoms with Gasteiger partial charge in [0.05, 0.1) is 18.1 Å². The molecule has 0 saturated heterocycles. The van der Waals surface area contributed by atoms with Gasteiger partial charge in [0.1, 0.15) is 0 Å². The first-order chi connectivity index (χ1) is 8.98. The smallest absolute Gasteiger partial charge is 0.285 e. The second-order valence-electron chi connectivity index (χ2n) is 4.40. The first-order valence-corrected chi connectivity index (χ1v) is 8.55. The van der Waals surface area contributed by atoms with Crippen LogP contribution >= 0.6 is 0 Å². The van der Waals surface area contributed by atoms with Crippen molar-refractivity contribution < 1.29 is 25.4 Å². The number of halogens is 1. The van der Waals surface area contributed by atoms with Crippen molar-refractivity contribution in [3.05, 3.63) is 22.2 Å². The predicted octanol–water partition coefficient (Wildman–Crippen LogP) is 2.05. The summed E-state index contributed by atoms with van der Waals surface area (Å²) in [7, 11) is -3.69. The molecule has 0 amide bonds. The minimum Gasteiger partial charge on any atom is -0.285 e. The van der Waals surface area contributed by atoms with Crippen LogP contribution in [0.25, 0.3) is 0 Å². The van der Waals surface area contributed by atoms with Crippen molar-refractivity contribution in [3.8, 4) is 0 Å². The number of allylic oxidation sites excluding steroid dienone is 1. The van der Waals surface area contributed by atoms with E-state index in [0.717, 1.165) is 5.41 Å². The summed E-state index contributed by atoms with van der Waals surface area (Å²) >= 11 is -2.07. The van der Waals surface area contributed by atoms with Crippen LogP contribution in [-0.4, -0.2) is 25.3 Å². The zero-order valence-electron chi connectivity index (χ0n) is 10.2. The molecule has 0 saturated carbocycles. The fourth-order valence-corrected chi connectivity index (χ4v) is 3.79. The molecule has 0 aromatic heterocycles. The van der Waals surface area contributed by atoms with Gasteiger partial charge in [-0.15, -0.1) is 0 Å². The highest BCUT2D eigenvalue weighted by Crippen LogP contribution is 2.28. The third-order valence-corrected chi connectivity index (χ3v) is 4.93. The fraction of sp³-hybridized carbons (Fsp3) is 0.636. The minimum absolute atomic E-state index is 0.127. The van der Waals surface area contributed by atoms with Crippen molar-refractivity contribution in [1.82, 2.24) is 0 Å². The molecule has 2 heterocycles. The molecule has 2 aliphatic rings. The lowest BCUT2D eigenvalue weighted by atomic mass is 10.0. The Kier molecular flexibility index (Phi) is 4.88. The van der Waals surface area contributed by atoms with Gasteiger partial charge in [0.2, 0.25) is 16.2 Å². The van der Waals surface area contributed by atoms with Gasteiger partial charge in [-0.05, 0) is 37.7 Å². The van der Waals surface area contributed by atoms with Gasteiger partial charge in [0.15, 0.2) is 0 Å². The van der Waals surface area contributed by atoms with Gasteiger partial charge in [-0.1, -0.05) is 6.08 Å². The third kappa shape index (κ3) is 4.20. The van der Waals surface area contributed by atoms with Crippen LogP contribution in [0.2, 0.25) is 0 Å². The zero-order chi connectivity index (χ0) is 13.9. The Bertz CT molecular complexity index is 523. The van der Waals surface area contributed by atoms with Crippen LogP contribution in [0.1, 0.15) is 32.1 Å². The normalized spacial score (nSPS) is 31.8. The molecule has 8 heteroatoms. The Balaban J connectivity index is 2.11. The second-order valence-corrected chi connectivity index (χ2v) is 6.92. The lowest BCUT2D eigenvalue weighted by Gasteiger charge is -2.15. The highest BCUT2D eigenvalue weighted by Gasteiger charge is 2.25. The lowest BCUT2D eigenvalue weighted by molar-refractivity contribution is 0.204. The molecule has 0 radical (unpaired) electrons. The maximum absolute atomic E-state index is 13.8. The van der Waals surface area contributed by atoms with E-state index in [4.69, 9.17) is 8.37 Å². The fourth-order valence-electron chi connectivity index (χ4n) is 2.02. The van der Waals surface area contributed by atoms with Gasteiger partial charge in [-0.3, -0.25) is 8.37 Å². The van der Waals surface area contributed by atoms with Crippen molar-refractivity contribution >= 4 is 21.2 Å². The van der Waals surface area contributed by atoms with Gasteiger partial charge < -0.3 is 0 Å². The number of hydrogen-bond donors (Lipinski definition) is 0. The molecule has 2 aliphatic heterocycles. The van der Waals surface area contributed by atoms with Crippen LogP contribution in [0.5, 0.6) is 0 Å². The standard InChI is InChI=1S/C11H15FO5S2/c12-11-9(4-3-6-16-18(11)13)8-10-5-1-2-7-19(14,15)17-10/h2,7,10H,1,3-6,8H2/t10-,18+/m1/s1. The molecule has 108 valence electrons. The first-order valence-electron chi connectivity index (χ1n) is 6.00. The topological polar surface area (TPSA) is 69.7 Å². The van der Waals surface area contributed by atoms with Crippen LogP contribution in [0.3, 0.4) is 0 Å². The molecule has 0 bridgehead atoms. The average molecular weight is 310 g/mol. The van der Waals surface area contributed by atoms with Gasteiger partial charge in [0, 0.05) is 0 Å². The van der Waals surface area contributed by atoms with Crippen LogP contribution in [0.15, 0.2) is 22.2 Å². The van der Waals surface area contributed by atoms with Crippen LogP contribution in [0, 0.1) is 0 Å². The van der Waals surface area contributed by atoms with Crippen molar-refractivity contribution in [1.29, 1.82) is 0 Å². The summed E-state index contributed by atoms with van der Waals surface area (Å²) in [4.78, 5) is 0. The summed E-state index contributed by atoms with van der Waals surface area (Å²) in [5.41, 5.74) is 0.331. The molecule has 0 spiro atoms. The SMILES string of the molecule is O=[S@]1OCCCC(C[C@H]2CCC=CS(=O)(=O)O2)=C1F. The monoisotopic (exact) mass is 310 g/mol. The molecule has 0 N–H and O–H groups in total. The Morgan fingerprint density at radius 2 is 2.26 bits per heavy atom. The molecule has 0 aromatic carbocycles. The van der Waals surface area contributed by atoms with E-state index in [0.29, 0.717) is 31.3 Å². The molecule has 2 rings (SSSR count). The van der Waals surface area contributed by atoms with E-state index in [1.54, 1.807) is 0 Å². The molecule has 0 aliphatic carbocycles. The highest BCUT2D eigenvalue weighted by molar-refractivity contribution is 7.89. The van der Waals surface area contributed by atoms with Crippen molar-refractivity contribution in [2.75, 3.05) is 6.61 Å². The minimum atomic E-state index is -3.69. The molecule has 0 aromatic rings. The van der Waals surface area contributed by atoms with Crippen LogP contribution in [0.4, 0.5) is 4.39 Å². The van der Waals surface area contributed by atoms with E-state index in [9.17, 15) is 17.0 Å². The third-order valence-electron chi connectivity index (χ3n) is 2.90. The maximum atomic E-state index is 13.8. The van der Waals surface area contributed by atoms with Gasteiger partial charge in [-0.25, -0.2) is 4.21 Å². The first kappa shape index (κ1) is 14.8. The quantitative estimate of drug-likeness (QED) is 0.730. The molecular formula is C11H15FO5S2. The van der Waals surface area contributed by atoms with Crippen molar-refractivity contribution in [2.45, 2.75) is 38.2 Å². The van der Waals surface area contributed by atoms with E-state index < -0.39 is 32.5 Å². The van der Waals surface area contributed by atoms with E-state index in [2.05, 4.69) is 0 Å². The Morgan fingerprint density at radius 3 is 3.05 bits per heavy atom. The van der Waals surface area contributed by atoms with Crippen molar-refractivity contribution in [3.63, 3.8) is 0 Å². The van der Waals surface area contributed by atoms with Gasteiger partial charge in [-0.2, -0.15) is 12.8 Å². The van der Waals surface area contributed by atoms with E-state index >= 15 is 0 Å². The molecule has 19 heavy (non-hydrogen) atoms. The second kappa shape index (κ2) is 6.25. The molecular weight excluding hydrogens is 295 g/mol. The van der Waals surface area contributed by atoms with Gasteiger partial charge in [0.25, 0.3) is 10.1 Å². The molecule has 0 fully saturated rings. The Hall–Kier alpha value is -0.570. The summed E-state index contributed by atoms with van der Waals surface area (Å²) in [6.07, 6.45) is 3.04. The maximum Gasteiger partial charge on any atom is 0.290 e. The molecule has 0 unspecified atom stereocenters. The van der Waals surface area contributed by atoms with Crippen molar-refractivity contribution in [2.24, 2.45) is 0 Å². The Labute approximate surface area is 114 Å². The summed E-state index contributed by atoms with van der Waals surface area (Å²) in [5.74, 6) is 0. The summed E-state index contributed by atoms with van der Waals surface area (Å²) in [6.45, 7) is 0.231. The van der Waals surface area contributed by atoms with Gasteiger partial charge >= 0.3 is 0 Å². The summed E-state index contributed by atoms with van der Waals surface area (Å²) in [6, 6.07) is 0. The largest absolute Gasteiger partial charge is 0.290 e. The van der Waals surface area contributed by atoms with E-state index in [1.165, 1.54) is 6.08 Å². The highest BCUT2D eigenvalue weighted by atomic mass is 32.2. The van der Waals surface area contributed by atoms with E-state index in [-0.39, 0.29) is 13.0 Å². The average Bonchev–Trinajstić information content (AvgIpc) is 2.60. The summed E-state index contributed by atoms with van der Waals surface area (Å²) in [5, 5.41) is 0.224. The number of hydrogen-bond acceptors (Lipinski definition) is 5.